The summed E-state index contributed by atoms with van der Waals surface area (Å²) in [5, 5.41) is 2.79. The Morgan fingerprint density at radius 1 is 1.35 bits per heavy atom. The molecule has 0 aromatic heterocycles. The first kappa shape index (κ1) is 16.3. The fourth-order valence-corrected chi connectivity index (χ4v) is 1.64. The van der Waals surface area contributed by atoms with E-state index < -0.39 is 0 Å². The van der Waals surface area contributed by atoms with Crippen LogP contribution >= 0.6 is 0 Å². The summed E-state index contributed by atoms with van der Waals surface area (Å²) in [7, 11) is 1.54. The molecule has 1 aromatic rings. The van der Waals surface area contributed by atoms with Crippen molar-refractivity contribution >= 4 is 11.6 Å². The maximum Gasteiger partial charge on any atom is 0.251 e. The summed E-state index contributed by atoms with van der Waals surface area (Å²) in [6.07, 6.45) is 1.03. The Morgan fingerprint density at radius 3 is 2.70 bits per heavy atom. The molecule has 1 rings (SSSR count). The smallest absolute Gasteiger partial charge is 0.251 e. The van der Waals surface area contributed by atoms with Gasteiger partial charge in [0.15, 0.2) is 0 Å². The van der Waals surface area contributed by atoms with Crippen LogP contribution in [-0.2, 0) is 4.74 Å². The highest BCUT2D eigenvalue weighted by Crippen LogP contribution is 2.21. The van der Waals surface area contributed by atoms with Crippen LogP contribution in [0, 0.1) is 5.92 Å². The zero-order chi connectivity index (χ0) is 15.0. The molecule has 0 heterocycles. The van der Waals surface area contributed by atoms with Crippen molar-refractivity contribution in [3.05, 3.63) is 23.8 Å². The number of nitrogen functional groups attached to an aromatic ring is 1. The van der Waals surface area contributed by atoms with E-state index in [1.54, 1.807) is 25.3 Å². The first-order chi connectivity index (χ1) is 9.54. The molecule has 112 valence electrons. The van der Waals surface area contributed by atoms with Gasteiger partial charge in [-0.05, 0) is 30.5 Å². The highest BCUT2D eigenvalue weighted by atomic mass is 16.5. The Kier molecular flexibility index (Phi) is 6.87. The fraction of sp³-hybridized carbons (Fsp3) is 0.533. The average Bonchev–Trinajstić information content (AvgIpc) is 2.42. The lowest BCUT2D eigenvalue weighted by molar-refractivity contribution is 0.0906. The van der Waals surface area contributed by atoms with Gasteiger partial charge >= 0.3 is 0 Å². The highest BCUT2D eigenvalue weighted by molar-refractivity contribution is 5.95. The molecule has 0 aliphatic carbocycles. The molecule has 0 saturated heterocycles. The van der Waals surface area contributed by atoms with Crippen molar-refractivity contribution in [1.29, 1.82) is 0 Å². The van der Waals surface area contributed by atoms with Crippen LogP contribution in [0.15, 0.2) is 18.2 Å². The second-order valence-corrected chi connectivity index (χ2v) is 5.01. The van der Waals surface area contributed by atoms with E-state index in [-0.39, 0.29) is 5.91 Å². The van der Waals surface area contributed by atoms with Crippen molar-refractivity contribution in [2.75, 3.05) is 32.6 Å². The van der Waals surface area contributed by atoms with Gasteiger partial charge in [-0.25, -0.2) is 0 Å². The Labute approximate surface area is 120 Å². The molecule has 0 spiro atoms. The van der Waals surface area contributed by atoms with Crippen LogP contribution in [-0.4, -0.2) is 32.8 Å². The number of rotatable bonds is 8. The summed E-state index contributed by atoms with van der Waals surface area (Å²) in [5.74, 6) is 1.04. The third-order valence-corrected chi connectivity index (χ3v) is 2.86. The van der Waals surface area contributed by atoms with Crippen molar-refractivity contribution in [1.82, 2.24) is 5.32 Å². The predicted octanol–water partition coefficient (Wildman–Crippen LogP) is 2.07. The molecule has 0 aliphatic rings. The molecule has 0 atom stereocenters. The number of ether oxygens (including phenoxy) is 2. The number of hydrogen-bond donors (Lipinski definition) is 2. The summed E-state index contributed by atoms with van der Waals surface area (Å²) in [4.78, 5) is 11.9. The van der Waals surface area contributed by atoms with Crippen LogP contribution in [0.25, 0.3) is 0 Å². The van der Waals surface area contributed by atoms with Gasteiger partial charge in [0.2, 0.25) is 0 Å². The van der Waals surface area contributed by atoms with Crippen LogP contribution in [0.2, 0.25) is 0 Å². The number of amides is 1. The molecule has 0 unspecified atom stereocenters. The molecule has 3 N–H and O–H groups in total. The van der Waals surface area contributed by atoms with E-state index in [9.17, 15) is 4.79 Å². The fourth-order valence-electron chi connectivity index (χ4n) is 1.64. The van der Waals surface area contributed by atoms with Crippen LogP contribution in [0.3, 0.4) is 0 Å². The summed E-state index contributed by atoms with van der Waals surface area (Å²) in [5.41, 5.74) is 6.73. The van der Waals surface area contributed by atoms with Crippen molar-refractivity contribution in [2.45, 2.75) is 20.3 Å². The Bertz CT molecular complexity index is 433. The van der Waals surface area contributed by atoms with E-state index in [2.05, 4.69) is 19.2 Å². The van der Waals surface area contributed by atoms with Gasteiger partial charge < -0.3 is 20.5 Å². The Morgan fingerprint density at radius 2 is 2.10 bits per heavy atom. The topological polar surface area (TPSA) is 73.6 Å². The van der Waals surface area contributed by atoms with Gasteiger partial charge in [0.05, 0.1) is 19.4 Å². The third-order valence-electron chi connectivity index (χ3n) is 2.86. The quantitative estimate of drug-likeness (QED) is 0.565. The molecule has 1 amide bonds. The summed E-state index contributed by atoms with van der Waals surface area (Å²) < 4.78 is 10.5. The van der Waals surface area contributed by atoms with E-state index in [0.29, 0.717) is 36.1 Å². The molecule has 5 nitrogen and oxygen atoms in total. The highest BCUT2D eigenvalue weighted by Gasteiger charge is 2.07. The molecular weight excluding hydrogens is 256 g/mol. The zero-order valence-corrected chi connectivity index (χ0v) is 12.4. The molecule has 0 radical (unpaired) electrons. The van der Waals surface area contributed by atoms with Crippen molar-refractivity contribution in [3.63, 3.8) is 0 Å². The second kappa shape index (κ2) is 8.43. The minimum absolute atomic E-state index is 0.160. The number of carbonyl (C=O) groups is 1. The lowest BCUT2D eigenvalue weighted by Crippen LogP contribution is -2.27. The zero-order valence-electron chi connectivity index (χ0n) is 12.4. The molecule has 20 heavy (non-hydrogen) atoms. The van der Waals surface area contributed by atoms with E-state index in [0.717, 1.165) is 13.0 Å². The van der Waals surface area contributed by atoms with Crippen LogP contribution in [0.5, 0.6) is 5.75 Å². The van der Waals surface area contributed by atoms with Gasteiger partial charge in [0.25, 0.3) is 5.91 Å². The minimum Gasteiger partial charge on any atom is -0.495 e. The Balaban J connectivity index is 2.31. The number of methoxy groups -OCH3 is 1. The predicted molar refractivity (Wildman–Crippen MR) is 80.0 cm³/mol. The largest absolute Gasteiger partial charge is 0.495 e. The van der Waals surface area contributed by atoms with Gasteiger partial charge in [-0.15, -0.1) is 0 Å². The number of nitrogens with two attached hydrogens (primary N) is 1. The number of nitrogens with one attached hydrogen (secondary N) is 1. The van der Waals surface area contributed by atoms with Gasteiger partial charge in [0, 0.05) is 18.7 Å². The van der Waals surface area contributed by atoms with E-state index in [4.69, 9.17) is 15.2 Å². The minimum atomic E-state index is -0.160. The first-order valence-corrected chi connectivity index (χ1v) is 6.84. The monoisotopic (exact) mass is 280 g/mol. The van der Waals surface area contributed by atoms with Crippen molar-refractivity contribution in [3.8, 4) is 5.75 Å². The lowest BCUT2D eigenvalue weighted by Gasteiger charge is -2.09. The molecular formula is C15H24N2O3. The van der Waals surface area contributed by atoms with Gasteiger partial charge in [-0.1, -0.05) is 13.8 Å². The SMILES string of the molecule is COc1ccc(C(=O)NCCOCCC(C)C)cc1N. The third kappa shape index (κ3) is 5.48. The van der Waals surface area contributed by atoms with Gasteiger partial charge in [-0.2, -0.15) is 0 Å². The lowest BCUT2D eigenvalue weighted by atomic mass is 10.1. The molecule has 0 fully saturated rings. The molecule has 1 aromatic carbocycles. The Hall–Kier alpha value is -1.75. The first-order valence-electron chi connectivity index (χ1n) is 6.84. The summed E-state index contributed by atoms with van der Waals surface area (Å²) in [6.45, 7) is 6.04. The van der Waals surface area contributed by atoms with Crippen LogP contribution < -0.4 is 15.8 Å². The van der Waals surface area contributed by atoms with Crippen LogP contribution in [0.1, 0.15) is 30.6 Å². The standard InChI is InChI=1S/C15H24N2O3/c1-11(2)6-8-20-9-7-17-15(18)12-4-5-14(19-3)13(16)10-12/h4-5,10-11H,6-9,16H2,1-3H3,(H,17,18). The van der Waals surface area contributed by atoms with Crippen molar-refractivity contribution < 1.29 is 14.3 Å². The number of hydrogen-bond acceptors (Lipinski definition) is 4. The summed E-state index contributed by atoms with van der Waals surface area (Å²) >= 11 is 0. The van der Waals surface area contributed by atoms with Gasteiger partial charge in [-0.3, -0.25) is 4.79 Å². The molecule has 0 aliphatic heterocycles. The second-order valence-electron chi connectivity index (χ2n) is 5.01. The number of carbonyl (C=O) groups excluding carboxylic acids is 1. The van der Waals surface area contributed by atoms with Crippen molar-refractivity contribution in [2.24, 2.45) is 5.92 Å². The number of anilines is 1. The molecule has 0 saturated carbocycles. The summed E-state index contributed by atoms with van der Waals surface area (Å²) in [6, 6.07) is 4.97. The number of benzene rings is 1. The average molecular weight is 280 g/mol. The normalized spacial score (nSPS) is 10.6. The van der Waals surface area contributed by atoms with Crippen LogP contribution in [0.4, 0.5) is 5.69 Å². The maximum absolute atomic E-state index is 11.9. The van der Waals surface area contributed by atoms with E-state index in [1.807, 2.05) is 0 Å². The van der Waals surface area contributed by atoms with E-state index >= 15 is 0 Å². The van der Waals surface area contributed by atoms with Gasteiger partial charge in [0.1, 0.15) is 5.75 Å². The van der Waals surface area contributed by atoms with E-state index in [1.165, 1.54) is 0 Å². The maximum atomic E-state index is 11.9. The molecule has 0 bridgehead atoms. The molecule has 5 heteroatoms.